The number of nitrogen functional groups attached to an aromatic ring is 1. The highest BCUT2D eigenvalue weighted by Crippen LogP contribution is 2.35. The highest BCUT2D eigenvalue weighted by atomic mass is 35.5. The summed E-state index contributed by atoms with van der Waals surface area (Å²) in [5, 5.41) is 3.83. The molecule has 0 atom stereocenters. The van der Waals surface area contributed by atoms with Crippen LogP contribution in [0.25, 0.3) is 10.2 Å². The van der Waals surface area contributed by atoms with Crippen LogP contribution in [-0.2, 0) is 4.79 Å². The maximum Gasteiger partial charge on any atom is 0.224 e. The van der Waals surface area contributed by atoms with E-state index in [0.29, 0.717) is 22.1 Å². The average molecular weight is 270 g/mol. The van der Waals surface area contributed by atoms with Crippen LogP contribution in [0.2, 0.25) is 5.02 Å². The number of anilines is 2. The van der Waals surface area contributed by atoms with Crippen LogP contribution < -0.4 is 11.1 Å². The number of hydrogen-bond donors (Lipinski definition) is 2. The summed E-state index contributed by atoms with van der Waals surface area (Å²) < 4.78 is 0.819. The molecular formula is C11H12ClN3OS. The molecule has 4 nitrogen and oxygen atoms in total. The number of benzene rings is 1. The molecular weight excluding hydrogens is 258 g/mol. The normalized spacial score (nSPS) is 10.7. The molecule has 2 aromatic rings. The predicted molar refractivity (Wildman–Crippen MR) is 72.6 cm³/mol. The molecule has 90 valence electrons. The first kappa shape index (κ1) is 12.1. The number of fused-ring (bicyclic) bond motifs is 1. The van der Waals surface area contributed by atoms with Gasteiger partial charge in [-0.3, -0.25) is 4.79 Å². The van der Waals surface area contributed by atoms with Crippen LogP contribution in [0.3, 0.4) is 0 Å². The van der Waals surface area contributed by atoms with Crippen LogP contribution in [0.15, 0.2) is 12.1 Å². The Morgan fingerprint density at radius 1 is 1.59 bits per heavy atom. The Kier molecular flexibility index (Phi) is 3.49. The van der Waals surface area contributed by atoms with Crippen molar-refractivity contribution in [1.29, 1.82) is 0 Å². The molecule has 0 unspecified atom stereocenters. The van der Waals surface area contributed by atoms with Gasteiger partial charge < -0.3 is 11.1 Å². The highest BCUT2D eigenvalue weighted by Gasteiger charge is 2.11. The first-order valence-electron chi connectivity index (χ1n) is 5.26. The Hall–Kier alpha value is -1.33. The van der Waals surface area contributed by atoms with Crippen molar-refractivity contribution >= 4 is 49.9 Å². The number of aromatic nitrogens is 1. The van der Waals surface area contributed by atoms with Gasteiger partial charge >= 0.3 is 0 Å². The zero-order chi connectivity index (χ0) is 12.4. The van der Waals surface area contributed by atoms with E-state index >= 15 is 0 Å². The van der Waals surface area contributed by atoms with Crippen molar-refractivity contribution < 1.29 is 4.79 Å². The number of thiazole rings is 1. The summed E-state index contributed by atoms with van der Waals surface area (Å²) in [5.74, 6) is -0.0110. The highest BCUT2D eigenvalue weighted by molar-refractivity contribution is 7.22. The van der Waals surface area contributed by atoms with Crippen molar-refractivity contribution in [2.24, 2.45) is 0 Å². The molecule has 1 heterocycles. The molecule has 1 aromatic heterocycles. The fraction of sp³-hybridized carbons (Fsp3) is 0.273. The Bertz CT molecular complexity index is 567. The van der Waals surface area contributed by atoms with E-state index in [2.05, 4.69) is 10.3 Å². The smallest absolute Gasteiger partial charge is 0.224 e. The Morgan fingerprint density at radius 3 is 3.06 bits per heavy atom. The summed E-state index contributed by atoms with van der Waals surface area (Å²) in [6.45, 7) is 1.96. The molecule has 17 heavy (non-hydrogen) atoms. The van der Waals surface area contributed by atoms with Gasteiger partial charge in [-0.1, -0.05) is 29.9 Å². The lowest BCUT2D eigenvalue weighted by Gasteiger charge is -2.05. The van der Waals surface area contributed by atoms with Crippen LogP contribution in [0.4, 0.5) is 10.8 Å². The van der Waals surface area contributed by atoms with Gasteiger partial charge in [0.15, 0.2) is 5.13 Å². The van der Waals surface area contributed by atoms with Gasteiger partial charge in [-0.2, -0.15) is 0 Å². The molecule has 0 saturated heterocycles. The number of carbonyl (C=O) groups excluding carboxylic acids is 1. The van der Waals surface area contributed by atoms with E-state index in [-0.39, 0.29) is 5.91 Å². The maximum absolute atomic E-state index is 11.6. The largest absolute Gasteiger partial charge is 0.375 e. The van der Waals surface area contributed by atoms with E-state index in [1.807, 2.05) is 6.92 Å². The van der Waals surface area contributed by atoms with Crippen molar-refractivity contribution in [3.63, 3.8) is 0 Å². The van der Waals surface area contributed by atoms with E-state index in [1.165, 1.54) is 11.3 Å². The number of nitrogens with two attached hydrogens (primary N) is 1. The minimum Gasteiger partial charge on any atom is -0.375 e. The summed E-state index contributed by atoms with van der Waals surface area (Å²) >= 11 is 7.34. The summed E-state index contributed by atoms with van der Waals surface area (Å²) in [5.41, 5.74) is 7.02. The van der Waals surface area contributed by atoms with E-state index < -0.39 is 0 Å². The molecule has 3 N–H and O–H groups in total. The first-order chi connectivity index (χ1) is 8.11. The molecule has 0 bridgehead atoms. The van der Waals surface area contributed by atoms with Gasteiger partial charge in [0.1, 0.15) is 5.52 Å². The lowest BCUT2D eigenvalue weighted by Crippen LogP contribution is -2.10. The van der Waals surface area contributed by atoms with Gasteiger partial charge in [0.05, 0.1) is 15.4 Å². The fourth-order valence-corrected chi connectivity index (χ4v) is 2.61. The summed E-state index contributed by atoms with van der Waals surface area (Å²) in [7, 11) is 0. The van der Waals surface area contributed by atoms with Crippen molar-refractivity contribution in [1.82, 2.24) is 4.98 Å². The zero-order valence-electron chi connectivity index (χ0n) is 9.29. The summed E-state index contributed by atoms with van der Waals surface area (Å²) in [6, 6.07) is 3.49. The van der Waals surface area contributed by atoms with Gasteiger partial charge in [-0.05, 0) is 18.6 Å². The van der Waals surface area contributed by atoms with Crippen LogP contribution in [-0.4, -0.2) is 10.9 Å². The Morgan fingerprint density at radius 2 is 2.35 bits per heavy atom. The third-order valence-corrected chi connectivity index (χ3v) is 3.48. The van der Waals surface area contributed by atoms with Crippen LogP contribution in [0.1, 0.15) is 19.8 Å². The lowest BCUT2D eigenvalue weighted by atomic mass is 10.2. The zero-order valence-corrected chi connectivity index (χ0v) is 10.9. The molecule has 1 amide bonds. The second-order valence-corrected chi connectivity index (χ2v) is 5.06. The second kappa shape index (κ2) is 4.89. The third kappa shape index (κ3) is 2.50. The van der Waals surface area contributed by atoms with E-state index in [9.17, 15) is 4.79 Å². The molecule has 2 rings (SSSR count). The molecule has 1 aromatic carbocycles. The third-order valence-electron chi connectivity index (χ3n) is 2.26. The second-order valence-electron chi connectivity index (χ2n) is 3.62. The number of amides is 1. The summed E-state index contributed by atoms with van der Waals surface area (Å²) in [4.78, 5) is 15.7. The van der Waals surface area contributed by atoms with Gasteiger partial charge in [-0.15, -0.1) is 0 Å². The van der Waals surface area contributed by atoms with Crippen LogP contribution in [0.5, 0.6) is 0 Å². The number of hydrogen-bond acceptors (Lipinski definition) is 4. The molecule has 0 aliphatic heterocycles. The summed E-state index contributed by atoms with van der Waals surface area (Å²) in [6.07, 6.45) is 1.31. The lowest BCUT2D eigenvalue weighted by molar-refractivity contribution is -0.116. The van der Waals surface area contributed by atoms with E-state index in [0.717, 1.165) is 16.8 Å². The minimum absolute atomic E-state index is 0.0110. The maximum atomic E-state index is 11.6. The number of carbonyl (C=O) groups is 1. The van der Waals surface area contributed by atoms with E-state index in [4.69, 9.17) is 17.3 Å². The molecule has 6 heteroatoms. The van der Waals surface area contributed by atoms with Crippen molar-refractivity contribution in [3.8, 4) is 0 Å². The molecule has 0 radical (unpaired) electrons. The topological polar surface area (TPSA) is 68.0 Å². The monoisotopic (exact) mass is 269 g/mol. The molecule has 0 saturated carbocycles. The Labute approximate surface area is 108 Å². The predicted octanol–water partition coefficient (Wildman–Crippen LogP) is 3.27. The molecule has 0 aliphatic rings. The quantitative estimate of drug-likeness (QED) is 0.899. The number of rotatable bonds is 3. The van der Waals surface area contributed by atoms with Crippen molar-refractivity contribution in [2.45, 2.75) is 19.8 Å². The van der Waals surface area contributed by atoms with Crippen molar-refractivity contribution in [3.05, 3.63) is 17.2 Å². The van der Waals surface area contributed by atoms with Crippen LogP contribution in [0, 0.1) is 0 Å². The number of nitrogens with one attached hydrogen (secondary N) is 1. The van der Waals surface area contributed by atoms with Gasteiger partial charge in [0.25, 0.3) is 0 Å². The standard InChI is InChI=1S/C11H12ClN3OS/c1-2-3-8(16)14-7-5-4-6(12)9-10(7)17-11(13)15-9/h4-5H,2-3H2,1H3,(H2,13,15)(H,14,16). The molecule has 0 fully saturated rings. The van der Waals surface area contributed by atoms with E-state index in [1.54, 1.807) is 12.1 Å². The van der Waals surface area contributed by atoms with Gasteiger partial charge in [0.2, 0.25) is 5.91 Å². The number of nitrogens with zero attached hydrogens (tertiary/aromatic N) is 1. The van der Waals surface area contributed by atoms with Crippen molar-refractivity contribution in [2.75, 3.05) is 11.1 Å². The van der Waals surface area contributed by atoms with Gasteiger partial charge in [-0.25, -0.2) is 4.98 Å². The fourth-order valence-electron chi connectivity index (χ4n) is 1.53. The molecule has 0 spiro atoms. The first-order valence-corrected chi connectivity index (χ1v) is 6.45. The number of halogens is 1. The average Bonchev–Trinajstić information content (AvgIpc) is 2.66. The molecule has 0 aliphatic carbocycles. The minimum atomic E-state index is -0.0110. The Balaban J connectivity index is 2.41. The van der Waals surface area contributed by atoms with Crippen LogP contribution >= 0.6 is 22.9 Å². The SMILES string of the molecule is CCCC(=O)Nc1ccc(Cl)c2nc(N)sc12. The van der Waals surface area contributed by atoms with Gasteiger partial charge in [0, 0.05) is 6.42 Å².